The highest BCUT2D eigenvalue weighted by Gasteiger charge is 2.18. The van der Waals surface area contributed by atoms with Crippen molar-refractivity contribution in [3.05, 3.63) is 54.6 Å². The number of hydrogen-bond acceptors (Lipinski definition) is 3. The molecular weight excluding hydrogens is 262 g/mol. The summed E-state index contributed by atoms with van der Waals surface area (Å²) >= 11 is 0. The van der Waals surface area contributed by atoms with Crippen molar-refractivity contribution in [3.8, 4) is 11.1 Å². The first-order valence-corrected chi connectivity index (χ1v) is 7.26. The summed E-state index contributed by atoms with van der Waals surface area (Å²) in [6.07, 6.45) is 0. The Morgan fingerprint density at radius 1 is 1.00 bits per heavy atom. The summed E-state index contributed by atoms with van der Waals surface area (Å²) < 4.78 is 31.5. The molecule has 0 radical (unpaired) electrons. The van der Waals surface area contributed by atoms with Gasteiger partial charge in [0, 0.05) is 12.7 Å². The van der Waals surface area contributed by atoms with Crippen LogP contribution in [0.1, 0.15) is 0 Å². The minimum atomic E-state index is -3.58. The van der Waals surface area contributed by atoms with Crippen molar-refractivity contribution in [3.63, 3.8) is 0 Å². The lowest BCUT2D eigenvalue weighted by Crippen LogP contribution is -2.26. The topological polar surface area (TPSA) is 55.4 Å². The molecular formula is C14H15NO3S. The van der Waals surface area contributed by atoms with Crippen molar-refractivity contribution in [2.24, 2.45) is 0 Å². The van der Waals surface area contributed by atoms with Gasteiger partial charge in [0.25, 0.3) is 0 Å². The van der Waals surface area contributed by atoms with E-state index in [1.807, 2.05) is 36.4 Å². The minimum Gasteiger partial charge on any atom is -0.369 e. The zero-order chi connectivity index (χ0) is 13.7. The van der Waals surface area contributed by atoms with Gasteiger partial charge in [-0.25, -0.2) is 8.42 Å². The fraction of sp³-hybridized carbons (Fsp3) is 0.143. The zero-order valence-electron chi connectivity index (χ0n) is 10.5. The molecule has 5 heteroatoms. The van der Waals surface area contributed by atoms with E-state index in [9.17, 15) is 8.42 Å². The Hall–Kier alpha value is -1.69. The van der Waals surface area contributed by atoms with Gasteiger partial charge in [0.1, 0.15) is 6.73 Å². The van der Waals surface area contributed by atoms with Gasteiger partial charge < -0.3 is 4.74 Å². The Morgan fingerprint density at radius 2 is 1.63 bits per heavy atom. The Bertz CT molecular complexity index is 639. The molecule has 0 amide bonds. The Kier molecular flexibility index (Phi) is 4.31. The highest BCUT2D eigenvalue weighted by molar-refractivity contribution is 7.89. The maximum absolute atomic E-state index is 12.2. The van der Waals surface area contributed by atoms with Gasteiger partial charge in [0.05, 0.1) is 4.90 Å². The highest BCUT2D eigenvalue weighted by Crippen LogP contribution is 2.26. The summed E-state index contributed by atoms with van der Waals surface area (Å²) in [6.45, 7) is -0.0501. The summed E-state index contributed by atoms with van der Waals surface area (Å²) in [6, 6.07) is 16.3. The number of sulfonamides is 1. The van der Waals surface area contributed by atoms with E-state index >= 15 is 0 Å². The van der Waals surface area contributed by atoms with Crippen LogP contribution in [0, 0.1) is 0 Å². The van der Waals surface area contributed by atoms with Crippen LogP contribution in [0.25, 0.3) is 11.1 Å². The normalized spacial score (nSPS) is 11.4. The van der Waals surface area contributed by atoms with Gasteiger partial charge in [0.2, 0.25) is 10.0 Å². The number of methoxy groups -OCH3 is 1. The predicted octanol–water partition coefficient (Wildman–Crippen LogP) is 2.24. The fourth-order valence-corrected chi connectivity index (χ4v) is 2.93. The molecule has 0 saturated carbocycles. The van der Waals surface area contributed by atoms with Crippen LogP contribution >= 0.6 is 0 Å². The molecule has 2 aromatic carbocycles. The van der Waals surface area contributed by atoms with Crippen LogP contribution in [0.15, 0.2) is 59.5 Å². The molecule has 0 atom stereocenters. The van der Waals surface area contributed by atoms with Gasteiger partial charge in [-0.05, 0) is 11.6 Å². The van der Waals surface area contributed by atoms with E-state index in [0.29, 0.717) is 5.56 Å². The smallest absolute Gasteiger partial charge is 0.243 e. The molecule has 0 heterocycles. The minimum absolute atomic E-state index is 0.0501. The third-order valence-electron chi connectivity index (χ3n) is 2.65. The standard InChI is InChI=1S/C14H15NO3S/c1-18-11-15-19(16,17)14-10-6-5-9-13(14)12-7-3-2-4-8-12/h2-10,15H,11H2,1H3. The quantitative estimate of drug-likeness (QED) is 0.853. The lowest BCUT2D eigenvalue weighted by Gasteiger charge is -2.11. The first kappa shape index (κ1) is 13.7. The van der Waals surface area contributed by atoms with Gasteiger partial charge >= 0.3 is 0 Å². The molecule has 2 rings (SSSR count). The number of benzene rings is 2. The second kappa shape index (κ2) is 5.97. The van der Waals surface area contributed by atoms with E-state index in [1.165, 1.54) is 7.11 Å². The number of hydrogen-bond donors (Lipinski definition) is 1. The Morgan fingerprint density at radius 3 is 2.32 bits per heavy atom. The molecule has 4 nitrogen and oxygen atoms in total. The summed E-state index contributed by atoms with van der Waals surface area (Å²) in [5.74, 6) is 0. The van der Waals surface area contributed by atoms with E-state index < -0.39 is 10.0 Å². The molecule has 1 N–H and O–H groups in total. The van der Waals surface area contributed by atoms with E-state index in [2.05, 4.69) is 4.72 Å². The maximum Gasteiger partial charge on any atom is 0.243 e. The van der Waals surface area contributed by atoms with Crippen LogP contribution < -0.4 is 4.72 Å². The predicted molar refractivity (Wildman–Crippen MR) is 74.1 cm³/mol. The molecule has 0 aliphatic rings. The van der Waals surface area contributed by atoms with Crippen molar-refractivity contribution in [2.75, 3.05) is 13.8 Å². The molecule has 0 saturated heterocycles. The molecule has 19 heavy (non-hydrogen) atoms. The first-order valence-electron chi connectivity index (χ1n) is 5.78. The molecule has 0 aromatic heterocycles. The monoisotopic (exact) mass is 277 g/mol. The van der Waals surface area contributed by atoms with Gasteiger partial charge in [-0.1, -0.05) is 48.5 Å². The molecule has 0 aliphatic carbocycles. The highest BCUT2D eigenvalue weighted by atomic mass is 32.2. The van der Waals surface area contributed by atoms with Gasteiger partial charge in [0.15, 0.2) is 0 Å². The first-order chi connectivity index (χ1) is 9.15. The largest absolute Gasteiger partial charge is 0.369 e. The average Bonchev–Trinajstić information content (AvgIpc) is 2.46. The number of nitrogens with one attached hydrogen (secondary N) is 1. The van der Waals surface area contributed by atoms with Crippen molar-refractivity contribution >= 4 is 10.0 Å². The van der Waals surface area contributed by atoms with E-state index in [-0.39, 0.29) is 11.6 Å². The summed E-state index contributed by atoms with van der Waals surface area (Å²) in [4.78, 5) is 0.248. The van der Waals surface area contributed by atoms with Crippen LogP contribution in [0.5, 0.6) is 0 Å². The molecule has 0 aliphatic heterocycles. The van der Waals surface area contributed by atoms with E-state index in [1.54, 1.807) is 18.2 Å². The lowest BCUT2D eigenvalue weighted by atomic mass is 10.1. The molecule has 100 valence electrons. The van der Waals surface area contributed by atoms with Gasteiger partial charge in [-0.2, -0.15) is 4.72 Å². The second-order valence-electron chi connectivity index (χ2n) is 3.94. The van der Waals surface area contributed by atoms with E-state index in [0.717, 1.165) is 5.56 Å². The third kappa shape index (κ3) is 3.20. The van der Waals surface area contributed by atoms with Crippen LogP contribution in [-0.2, 0) is 14.8 Å². The number of rotatable bonds is 5. The molecule has 2 aromatic rings. The van der Waals surface area contributed by atoms with Crippen molar-refractivity contribution < 1.29 is 13.2 Å². The zero-order valence-corrected chi connectivity index (χ0v) is 11.4. The summed E-state index contributed by atoms with van der Waals surface area (Å²) in [5, 5.41) is 0. The van der Waals surface area contributed by atoms with Gasteiger partial charge in [-0.3, -0.25) is 0 Å². The average molecular weight is 277 g/mol. The fourth-order valence-electron chi connectivity index (χ4n) is 1.77. The summed E-state index contributed by atoms with van der Waals surface area (Å²) in [5.41, 5.74) is 1.53. The van der Waals surface area contributed by atoms with Crippen LogP contribution in [0.4, 0.5) is 0 Å². The molecule has 0 spiro atoms. The number of ether oxygens (including phenoxy) is 1. The third-order valence-corrected chi connectivity index (χ3v) is 4.09. The molecule has 0 fully saturated rings. The van der Waals surface area contributed by atoms with Crippen LogP contribution in [0.3, 0.4) is 0 Å². The Balaban J connectivity index is 2.48. The molecule has 0 unspecified atom stereocenters. The maximum atomic E-state index is 12.2. The molecule has 0 bridgehead atoms. The van der Waals surface area contributed by atoms with Crippen molar-refractivity contribution in [1.29, 1.82) is 0 Å². The van der Waals surface area contributed by atoms with Crippen LogP contribution in [-0.4, -0.2) is 22.3 Å². The van der Waals surface area contributed by atoms with Crippen molar-refractivity contribution in [1.82, 2.24) is 4.72 Å². The SMILES string of the molecule is COCNS(=O)(=O)c1ccccc1-c1ccccc1. The Labute approximate surface area is 113 Å². The van der Waals surface area contributed by atoms with Gasteiger partial charge in [-0.15, -0.1) is 0 Å². The summed E-state index contributed by atoms with van der Waals surface area (Å²) in [7, 11) is -2.14. The second-order valence-corrected chi connectivity index (χ2v) is 5.68. The lowest BCUT2D eigenvalue weighted by molar-refractivity contribution is 0.194. The van der Waals surface area contributed by atoms with Crippen molar-refractivity contribution in [2.45, 2.75) is 4.90 Å². The van der Waals surface area contributed by atoms with Crippen LogP contribution in [0.2, 0.25) is 0 Å². The van der Waals surface area contributed by atoms with E-state index in [4.69, 9.17) is 4.74 Å².